The monoisotopic (exact) mass is 488 g/mol. The zero-order valence-corrected chi connectivity index (χ0v) is 19.5. The third-order valence-electron chi connectivity index (χ3n) is 7.27. The van der Waals surface area contributed by atoms with Gasteiger partial charge in [0.1, 0.15) is 0 Å². The van der Waals surface area contributed by atoms with Crippen LogP contribution in [0.15, 0.2) is 12.4 Å². The van der Waals surface area contributed by atoms with Crippen LogP contribution in [0.3, 0.4) is 0 Å². The van der Waals surface area contributed by atoms with Gasteiger partial charge in [0, 0.05) is 39.2 Å². The fourth-order valence-electron chi connectivity index (χ4n) is 5.24. The fourth-order valence-corrected chi connectivity index (χ4v) is 5.34. The number of aromatic nitrogens is 2. The van der Waals surface area contributed by atoms with Crippen molar-refractivity contribution >= 4 is 23.5 Å². The van der Waals surface area contributed by atoms with E-state index in [-0.39, 0.29) is 6.10 Å². The molecule has 0 radical (unpaired) electrons. The van der Waals surface area contributed by atoms with Gasteiger partial charge in [0.15, 0.2) is 0 Å². The third-order valence-corrected chi connectivity index (χ3v) is 7.47. The Hall–Kier alpha value is -1.61. The average Bonchev–Trinajstić information content (AvgIpc) is 3.58. The largest absolute Gasteiger partial charge is 0.389 e. The van der Waals surface area contributed by atoms with Crippen LogP contribution in [0.5, 0.6) is 0 Å². The van der Waals surface area contributed by atoms with E-state index in [2.05, 4.69) is 14.9 Å². The van der Waals surface area contributed by atoms with Crippen LogP contribution in [0.4, 0.5) is 19.1 Å². The molecule has 33 heavy (non-hydrogen) atoms. The van der Waals surface area contributed by atoms with Crippen molar-refractivity contribution in [2.75, 3.05) is 37.7 Å². The second kappa shape index (κ2) is 10.8. The molecule has 1 aromatic rings. The van der Waals surface area contributed by atoms with Crippen molar-refractivity contribution in [2.45, 2.75) is 63.6 Å². The molecule has 0 N–H and O–H groups in total. The number of alkyl halides is 3. The first-order chi connectivity index (χ1) is 15.8. The summed E-state index contributed by atoms with van der Waals surface area (Å²) in [5.41, 5.74) is 0. The molecule has 6 nitrogen and oxygen atoms in total. The fraction of sp³-hybridized carbons (Fsp3) is 0.783. The van der Waals surface area contributed by atoms with Crippen LogP contribution in [-0.2, 0) is 9.53 Å². The molecule has 1 aliphatic carbocycles. The van der Waals surface area contributed by atoms with E-state index in [0.29, 0.717) is 31.0 Å². The lowest BCUT2D eigenvalue weighted by atomic mass is 9.90. The minimum absolute atomic E-state index is 0.108. The van der Waals surface area contributed by atoms with E-state index in [1.807, 2.05) is 0 Å². The molecule has 1 aromatic heterocycles. The number of likely N-dealkylation sites (tertiary alicyclic amines) is 1. The Morgan fingerprint density at radius 1 is 1.09 bits per heavy atom. The Morgan fingerprint density at radius 2 is 1.76 bits per heavy atom. The van der Waals surface area contributed by atoms with Gasteiger partial charge in [-0.05, 0) is 56.3 Å². The number of ether oxygens (including phenoxy) is 1. The number of carbonyl (C=O) groups is 1. The molecule has 1 saturated carbocycles. The Bertz CT molecular complexity index is 779. The summed E-state index contributed by atoms with van der Waals surface area (Å²) in [5, 5.41) is 0.552. The summed E-state index contributed by atoms with van der Waals surface area (Å²) in [6, 6.07) is 0. The highest BCUT2D eigenvalue weighted by molar-refractivity contribution is 6.30. The van der Waals surface area contributed by atoms with Crippen LogP contribution in [0.2, 0.25) is 5.02 Å². The normalized spacial score (nSPS) is 24.8. The first kappa shape index (κ1) is 24.5. The molecule has 2 atom stereocenters. The standard InChI is InChI=1S/C23H32ClF3N4O2/c24-18-14-28-22(29-15-18)31-8-2-16(3-9-31)20-13-17(20)6-12-33-19-4-10-30(11-5-19)21(32)1-7-23(25,26)27/h14-17,19-20H,1-13H2. The summed E-state index contributed by atoms with van der Waals surface area (Å²) in [5.74, 6) is 2.63. The maximum Gasteiger partial charge on any atom is 0.389 e. The van der Waals surface area contributed by atoms with Gasteiger partial charge in [-0.1, -0.05) is 11.6 Å². The topological polar surface area (TPSA) is 58.6 Å². The Morgan fingerprint density at radius 3 is 2.39 bits per heavy atom. The molecular formula is C23H32ClF3N4O2. The second-order valence-corrected chi connectivity index (χ2v) is 9.98. The molecule has 3 fully saturated rings. The van der Waals surface area contributed by atoms with Crippen LogP contribution in [-0.4, -0.2) is 65.8 Å². The Labute approximate surface area is 197 Å². The van der Waals surface area contributed by atoms with Crippen LogP contribution in [0, 0.1) is 17.8 Å². The maximum absolute atomic E-state index is 12.3. The molecule has 0 aromatic carbocycles. The molecule has 1 amide bonds. The van der Waals surface area contributed by atoms with E-state index < -0.39 is 24.9 Å². The predicted molar refractivity (Wildman–Crippen MR) is 119 cm³/mol. The zero-order chi connectivity index (χ0) is 23.4. The van der Waals surface area contributed by atoms with Crippen LogP contribution >= 0.6 is 11.6 Å². The quantitative estimate of drug-likeness (QED) is 0.530. The summed E-state index contributed by atoms with van der Waals surface area (Å²) >= 11 is 5.87. The zero-order valence-electron chi connectivity index (χ0n) is 18.8. The molecule has 3 aliphatic rings. The van der Waals surface area contributed by atoms with Gasteiger partial charge < -0.3 is 14.5 Å². The van der Waals surface area contributed by atoms with Crippen molar-refractivity contribution in [2.24, 2.45) is 17.8 Å². The average molecular weight is 489 g/mol. The van der Waals surface area contributed by atoms with E-state index in [4.69, 9.17) is 16.3 Å². The number of anilines is 1. The lowest BCUT2D eigenvalue weighted by Crippen LogP contribution is -2.41. The number of hydrogen-bond donors (Lipinski definition) is 0. The van der Waals surface area contributed by atoms with Crippen molar-refractivity contribution in [3.05, 3.63) is 17.4 Å². The number of halogens is 4. The summed E-state index contributed by atoms with van der Waals surface area (Å²) in [6.07, 6.45) is 3.69. The first-order valence-electron chi connectivity index (χ1n) is 12.0. The van der Waals surface area contributed by atoms with Crippen molar-refractivity contribution < 1.29 is 22.7 Å². The van der Waals surface area contributed by atoms with E-state index in [1.54, 1.807) is 17.3 Å². The Balaban J connectivity index is 1.07. The molecule has 0 spiro atoms. The van der Waals surface area contributed by atoms with Gasteiger partial charge in [0.2, 0.25) is 11.9 Å². The molecule has 2 unspecified atom stereocenters. The molecule has 4 rings (SSSR count). The number of piperidine rings is 2. The SMILES string of the molecule is O=C(CCC(F)(F)F)N1CCC(OCCC2CC2C2CCN(c3ncc(Cl)cn3)CC2)CC1. The molecule has 3 heterocycles. The van der Waals surface area contributed by atoms with Gasteiger partial charge in [-0.25, -0.2) is 9.97 Å². The summed E-state index contributed by atoms with van der Waals surface area (Å²) < 4.78 is 42.9. The first-order valence-corrected chi connectivity index (χ1v) is 12.3. The van der Waals surface area contributed by atoms with Gasteiger partial charge >= 0.3 is 6.18 Å². The highest BCUT2D eigenvalue weighted by Crippen LogP contribution is 2.50. The summed E-state index contributed by atoms with van der Waals surface area (Å²) in [7, 11) is 0. The van der Waals surface area contributed by atoms with Gasteiger partial charge in [0.25, 0.3) is 0 Å². The number of rotatable bonds is 8. The minimum atomic E-state index is -4.28. The molecule has 0 bridgehead atoms. The van der Waals surface area contributed by atoms with Crippen LogP contribution in [0.25, 0.3) is 0 Å². The highest BCUT2D eigenvalue weighted by Gasteiger charge is 2.43. The van der Waals surface area contributed by atoms with Gasteiger partial charge in [-0.3, -0.25) is 4.79 Å². The maximum atomic E-state index is 12.3. The van der Waals surface area contributed by atoms with E-state index in [1.165, 1.54) is 6.42 Å². The highest BCUT2D eigenvalue weighted by atomic mass is 35.5. The molecule has 184 valence electrons. The second-order valence-electron chi connectivity index (χ2n) is 9.54. The van der Waals surface area contributed by atoms with Crippen LogP contribution in [0.1, 0.15) is 51.4 Å². The molecule has 2 saturated heterocycles. The Kier molecular flexibility index (Phi) is 7.99. The lowest BCUT2D eigenvalue weighted by Gasteiger charge is -2.32. The predicted octanol–water partition coefficient (Wildman–Crippen LogP) is 4.72. The number of hydrogen-bond acceptors (Lipinski definition) is 5. The van der Waals surface area contributed by atoms with Crippen molar-refractivity contribution in [3.8, 4) is 0 Å². The number of nitrogens with zero attached hydrogens (tertiary/aromatic N) is 4. The minimum Gasteiger partial charge on any atom is -0.378 e. The van der Waals surface area contributed by atoms with Gasteiger partial charge in [-0.2, -0.15) is 13.2 Å². The number of amides is 1. The van der Waals surface area contributed by atoms with E-state index >= 15 is 0 Å². The van der Waals surface area contributed by atoms with Crippen molar-refractivity contribution in [3.63, 3.8) is 0 Å². The molecule has 2 aliphatic heterocycles. The van der Waals surface area contributed by atoms with Crippen molar-refractivity contribution in [1.29, 1.82) is 0 Å². The van der Waals surface area contributed by atoms with E-state index in [9.17, 15) is 18.0 Å². The molecule has 10 heteroatoms. The summed E-state index contributed by atoms with van der Waals surface area (Å²) in [6.45, 7) is 3.66. The van der Waals surface area contributed by atoms with Gasteiger partial charge in [0.05, 0.1) is 29.9 Å². The van der Waals surface area contributed by atoms with Crippen LogP contribution < -0.4 is 4.90 Å². The van der Waals surface area contributed by atoms with Crippen molar-refractivity contribution in [1.82, 2.24) is 14.9 Å². The lowest BCUT2D eigenvalue weighted by molar-refractivity contribution is -0.150. The third kappa shape index (κ3) is 7.18. The summed E-state index contributed by atoms with van der Waals surface area (Å²) in [4.78, 5) is 24.3. The van der Waals surface area contributed by atoms with Gasteiger partial charge in [-0.15, -0.1) is 0 Å². The smallest absolute Gasteiger partial charge is 0.378 e. The number of carbonyl (C=O) groups excluding carboxylic acids is 1. The molecular weight excluding hydrogens is 457 g/mol. The van der Waals surface area contributed by atoms with E-state index in [0.717, 1.165) is 62.7 Å².